The zero-order valence-electron chi connectivity index (χ0n) is 14.9. The summed E-state index contributed by atoms with van der Waals surface area (Å²) in [5.41, 5.74) is 1.19. The van der Waals surface area contributed by atoms with Crippen LogP contribution in [0, 0.1) is 0 Å². The van der Waals surface area contributed by atoms with Crippen LogP contribution in [-0.4, -0.2) is 61.1 Å². The van der Waals surface area contributed by atoms with Crippen molar-refractivity contribution in [3.05, 3.63) is 18.2 Å². The van der Waals surface area contributed by atoms with E-state index in [2.05, 4.69) is 15.5 Å². The van der Waals surface area contributed by atoms with Crippen molar-refractivity contribution in [2.45, 2.75) is 32.2 Å². The van der Waals surface area contributed by atoms with E-state index in [1.807, 2.05) is 4.90 Å². The molecule has 0 radical (unpaired) electrons. The Balaban J connectivity index is 1.71. The van der Waals surface area contributed by atoms with Crippen LogP contribution in [0.4, 0.5) is 16.2 Å². The number of benzene rings is 1. The molecule has 25 heavy (non-hydrogen) atoms. The number of carbonyl (C=O) groups excluding carboxylic acids is 2. The van der Waals surface area contributed by atoms with Crippen molar-refractivity contribution in [2.24, 2.45) is 0 Å². The first kappa shape index (κ1) is 17.5. The van der Waals surface area contributed by atoms with E-state index < -0.39 is 0 Å². The normalized spacial score (nSPS) is 20.6. The number of hydrogen-bond donors (Lipinski definition) is 2. The van der Waals surface area contributed by atoms with Gasteiger partial charge in [0.2, 0.25) is 5.91 Å². The van der Waals surface area contributed by atoms with E-state index in [1.54, 1.807) is 25.3 Å². The van der Waals surface area contributed by atoms with E-state index in [4.69, 9.17) is 4.74 Å². The van der Waals surface area contributed by atoms with Crippen LogP contribution in [0.3, 0.4) is 0 Å². The third-order valence-electron chi connectivity index (χ3n) is 4.85. The molecule has 2 saturated heterocycles. The Hall–Kier alpha value is -2.28. The molecule has 2 aliphatic rings. The molecule has 0 bridgehead atoms. The molecule has 0 aliphatic carbocycles. The van der Waals surface area contributed by atoms with Gasteiger partial charge in [-0.25, -0.2) is 4.79 Å². The minimum Gasteiger partial charge on any atom is -0.495 e. The average Bonchev–Trinajstić information content (AvgIpc) is 2.91. The quantitative estimate of drug-likeness (QED) is 0.881. The van der Waals surface area contributed by atoms with Gasteiger partial charge in [-0.15, -0.1) is 0 Å². The number of fused-ring (bicyclic) bond motifs is 1. The zero-order chi connectivity index (χ0) is 17.8. The number of methoxy groups -OCH3 is 1. The maximum Gasteiger partial charge on any atom is 0.322 e. The van der Waals surface area contributed by atoms with Crippen LogP contribution in [0.5, 0.6) is 5.75 Å². The molecule has 136 valence electrons. The molecular formula is C18H26N4O3. The fourth-order valence-electron chi connectivity index (χ4n) is 3.67. The van der Waals surface area contributed by atoms with E-state index in [0.29, 0.717) is 23.2 Å². The zero-order valence-corrected chi connectivity index (χ0v) is 14.9. The van der Waals surface area contributed by atoms with E-state index in [1.165, 1.54) is 13.3 Å². The van der Waals surface area contributed by atoms with Gasteiger partial charge < -0.3 is 20.3 Å². The summed E-state index contributed by atoms with van der Waals surface area (Å²) in [7, 11) is 1.56. The van der Waals surface area contributed by atoms with Crippen molar-refractivity contribution in [3.63, 3.8) is 0 Å². The number of rotatable bonds is 3. The summed E-state index contributed by atoms with van der Waals surface area (Å²) in [4.78, 5) is 28.4. The van der Waals surface area contributed by atoms with E-state index in [-0.39, 0.29) is 11.9 Å². The molecule has 0 spiro atoms. The van der Waals surface area contributed by atoms with Crippen molar-refractivity contribution < 1.29 is 14.3 Å². The minimum atomic E-state index is -0.156. The lowest BCUT2D eigenvalue weighted by Gasteiger charge is -2.26. The second-order valence-electron chi connectivity index (χ2n) is 6.66. The molecule has 2 heterocycles. The highest BCUT2D eigenvalue weighted by Crippen LogP contribution is 2.29. The predicted octanol–water partition coefficient (Wildman–Crippen LogP) is 2.36. The number of ether oxygens (including phenoxy) is 1. The van der Waals surface area contributed by atoms with Crippen LogP contribution >= 0.6 is 0 Å². The molecule has 1 atom stereocenters. The number of hydrogen-bond acceptors (Lipinski definition) is 4. The molecule has 2 N–H and O–H groups in total. The fourth-order valence-corrected chi connectivity index (χ4v) is 3.67. The Morgan fingerprint density at radius 3 is 2.72 bits per heavy atom. The van der Waals surface area contributed by atoms with Crippen LogP contribution in [0.2, 0.25) is 0 Å². The van der Waals surface area contributed by atoms with Crippen molar-refractivity contribution in [1.82, 2.24) is 9.80 Å². The number of carbonyl (C=O) groups is 2. The molecule has 1 aromatic rings. The average molecular weight is 346 g/mol. The van der Waals surface area contributed by atoms with Gasteiger partial charge in [-0.3, -0.25) is 9.69 Å². The Kier molecular flexibility index (Phi) is 5.43. The smallest absolute Gasteiger partial charge is 0.322 e. The largest absolute Gasteiger partial charge is 0.495 e. The van der Waals surface area contributed by atoms with Gasteiger partial charge in [0.1, 0.15) is 5.75 Å². The number of nitrogens with zero attached hydrogens (tertiary/aromatic N) is 2. The van der Waals surface area contributed by atoms with Crippen LogP contribution in [0.25, 0.3) is 0 Å². The van der Waals surface area contributed by atoms with Gasteiger partial charge in [0, 0.05) is 38.3 Å². The second kappa shape index (κ2) is 7.74. The molecule has 0 aromatic heterocycles. The molecule has 7 nitrogen and oxygen atoms in total. The van der Waals surface area contributed by atoms with Gasteiger partial charge >= 0.3 is 6.03 Å². The minimum absolute atomic E-state index is 0.118. The van der Waals surface area contributed by atoms with Gasteiger partial charge in [-0.2, -0.15) is 0 Å². The Morgan fingerprint density at radius 2 is 1.96 bits per heavy atom. The highest BCUT2D eigenvalue weighted by Gasteiger charge is 2.30. The standard InChI is InChI=1S/C18H26N4O3/c1-13(23)19-14-6-7-17(25-2)16(11-14)20-18(24)22-10-4-9-21-8-3-5-15(21)12-22/h6-7,11,15H,3-5,8-10,12H2,1-2H3,(H,19,23)(H,20,24). The lowest BCUT2D eigenvalue weighted by Crippen LogP contribution is -2.41. The summed E-state index contributed by atoms with van der Waals surface area (Å²) in [6.07, 6.45) is 3.37. The maximum atomic E-state index is 12.8. The van der Waals surface area contributed by atoms with Gasteiger partial charge in [0.25, 0.3) is 0 Å². The second-order valence-corrected chi connectivity index (χ2v) is 6.66. The Bertz CT molecular complexity index is 649. The van der Waals surface area contributed by atoms with E-state index in [0.717, 1.165) is 39.0 Å². The molecule has 1 unspecified atom stereocenters. The first-order chi connectivity index (χ1) is 12.1. The number of nitrogens with one attached hydrogen (secondary N) is 2. The number of urea groups is 1. The third-order valence-corrected chi connectivity index (χ3v) is 4.85. The van der Waals surface area contributed by atoms with Crippen LogP contribution in [0.1, 0.15) is 26.2 Å². The summed E-state index contributed by atoms with van der Waals surface area (Å²) in [5, 5.41) is 5.67. The summed E-state index contributed by atoms with van der Waals surface area (Å²) in [6.45, 7) is 5.18. The molecule has 1 aromatic carbocycles. The molecule has 3 rings (SSSR count). The van der Waals surface area contributed by atoms with Crippen molar-refractivity contribution in [3.8, 4) is 5.75 Å². The summed E-state index contributed by atoms with van der Waals surface area (Å²) < 4.78 is 5.33. The fraction of sp³-hybridized carbons (Fsp3) is 0.556. The highest BCUT2D eigenvalue weighted by molar-refractivity contribution is 5.94. The van der Waals surface area contributed by atoms with Crippen LogP contribution in [-0.2, 0) is 4.79 Å². The van der Waals surface area contributed by atoms with Crippen molar-refractivity contribution >= 4 is 23.3 Å². The molecule has 2 fully saturated rings. The number of anilines is 2. The number of amides is 3. The summed E-state index contributed by atoms with van der Waals surface area (Å²) in [6, 6.07) is 5.56. The van der Waals surface area contributed by atoms with Crippen molar-refractivity contribution in [1.29, 1.82) is 0 Å². The van der Waals surface area contributed by atoms with Gasteiger partial charge in [0.05, 0.1) is 12.8 Å². The Labute approximate surface area is 148 Å². The van der Waals surface area contributed by atoms with Crippen LogP contribution < -0.4 is 15.4 Å². The predicted molar refractivity (Wildman–Crippen MR) is 97.1 cm³/mol. The first-order valence-corrected chi connectivity index (χ1v) is 8.82. The highest BCUT2D eigenvalue weighted by atomic mass is 16.5. The van der Waals surface area contributed by atoms with Gasteiger partial charge in [-0.05, 0) is 44.0 Å². The van der Waals surface area contributed by atoms with E-state index >= 15 is 0 Å². The molecule has 3 amide bonds. The first-order valence-electron chi connectivity index (χ1n) is 8.82. The topological polar surface area (TPSA) is 73.9 Å². The molecule has 0 saturated carbocycles. The monoisotopic (exact) mass is 346 g/mol. The lowest BCUT2D eigenvalue weighted by atomic mass is 10.2. The third kappa shape index (κ3) is 4.22. The maximum absolute atomic E-state index is 12.8. The summed E-state index contributed by atoms with van der Waals surface area (Å²) >= 11 is 0. The van der Waals surface area contributed by atoms with Gasteiger partial charge in [-0.1, -0.05) is 0 Å². The summed E-state index contributed by atoms with van der Waals surface area (Å²) in [5.74, 6) is 0.413. The van der Waals surface area contributed by atoms with Crippen LogP contribution in [0.15, 0.2) is 18.2 Å². The Morgan fingerprint density at radius 1 is 1.16 bits per heavy atom. The van der Waals surface area contributed by atoms with E-state index in [9.17, 15) is 9.59 Å². The molecule has 7 heteroatoms. The SMILES string of the molecule is COc1ccc(NC(C)=O)cc1NC(=O)N1CCCN2CCCC2C1. The van der Waals surface area contributed by atoms with Crippen molar-refractivity contribution in [2.75, 3.05) is 43.9 Å². The van der Waals surface area contributed by atoms with Gasteiger partial charge in [0.15, 0.2) is 0 Å². The molecular weight excluding hydrogens is 320 g/mol. The molecule has 2 aliphatic heterocycles. The lowest BCUT2D eigenvalue weighted by molar-refractivity contribution is -0.114.